The average Bonchev–Trinajstić information content (AvgIpc) is 2.98. The van der Waals surface area contributed by atoms with Crippen molar-refractivity contribution in [2.24, 2.45) is 5.92 Å². The first-order valence-electron chi connectivity index (χ1n) is 8.50. The van der Waals surface area contributed by atoms with Crippen molar-refractivity contribution in [1.82, 2.24) is 14.6 Å². The molecule has 0 radical (unpaired) electrons. The number of hydrogen-bond acceptors (Lipinski definition) is 4. The summed E-state index contributed by atoms with van der Waals surface area (Å²) in [6.07, 6.45) is 3.15. The Kier molecular flexibility index (Phi) is 5.06. The van der Waals surface area contributed by atoms with Gasteiger partial charge in [0.25, 0.3) is 0 Å². The lowest BCUT2D eigenvalue weighted by Gasteiger charge is -2.21. The van der Waals surface area contributed by atoms with Gasteiger partial charge in [0.05, 0.1) is 10.4 Å². The van der Waals surface area contributed by atoms with Crippen molar-refractivity contribution in [3.8, 4) is 0 Å². The topological polar surface area (TPSA) is 79.4 Å². The number of likely N-dealkylation sites (tertiary alicyclic amines) is 1. The molecule has 1 atom stereocenters. The molecule has 7 heteroatoms. The standard InChI is InChI=1S/C18H23N3O3S/c1-13(12-21-10-4-6-17(21)22)11-20-25(23,24)16-8-7-14(2)18-15(16)5-3-9-19-18/h3,5,7-9,13,20H,4,6,10-12H2,1-2H3. The highest BCUT2D eigenvalue weighted by molar-refractivity contribution is 7.89. The third-order valence-electron chi connectivity index (χ3n) is 4.55. The van der Waals surface area contributed by atoms with Gasteiger partial charge in [-0.15, -0.1) is 0 Å². The first-order chi connectivity index (χ1) is 11.9. The van der Waals surface area contributed by atoms with Crippen LogP contribution < -0.4 is 4.72 Å². The first kappa shape index (κ1) is 17.8. The van der Waals surface area contributed by atoms with Crippen molar-refractivity contribution >= 4 is 26.8 Å². The minimum Gasteiger partial charge on any atom is -0.342 e. The summed E-state index contributed by atoms with van der Waals surface area (Å²) in [4.78, 5) is 18.0. The van der Waals surface area contributed by atoms with Crippen molar-refractivity contribution in [2.45, 2.75) is 31.6 Å². The number of aryl methyl sites for hydroxylation is 1. The molecular weight excluding hydrogens is 338 g/mol. The molecule has 1 N–H and O–H groups in total. The van der Waals surface area contributed by atoms with Crippen molar-refractivity contribution in [1.29, 1.82) is 0 Å². The molecule has 0 saturated carbocycles. The van der Waals surface area contributed by atoms with E-state index in [4.69, 9.17) is 0 Å². The van der Waals surface area contributed by atoms with Gasteiger partial charge in [0.2, 0.25) is 15.9 Å². The van der Waals surface area contributed by atoms with Gasteiger partial charge in [0.15, 0.2) is 0 Å². The Hall–Kier alpha value is -1.99. The Labute approximate surface area is 148 Å². The number of sulfonamides is 1. The van der Waals surface area contributed by atoms with Crippen LogP contribution in [-0.4, -0.2) is 43.8 Å². The van der Waals surface area contributed by atoms with Crippen LogP contribution in [0.3, 0.4) is 0 Å². The molecule has 0 aliphatic carbocycles. The van der Waals surface area contributed by atoms with E-state index in [2.05, 4.69) is 9.71 Å². The molecule has 2 aromatic rings. The van der Waals surface area contributed by atoms with Crippen molar-refractivity contribution in [2.75, 3.05) is 19.6 Å². The van der Waals surface area contributed by atoms with E-state index < -0.39 is 10.0 Å². The second kappa shape index (κ2) is 7.09. The van der Waals surface area contributed by atoms with Crippen LogP contribution in [0.1, 0.15) is 25.3 Å². The number of fused-ring (bicyclic) bond motifs is 1. The van der Waals surface area contributed by atoms with Crippen LogP contribution in [0.15, 0.2) is 35.4 Å². The van der Waals surface area contributed by atoms with Crippen molar-refractivity contribution in [3.63, 3.8) is 0 Å². The quantitative estimate of drug-likeness (QED) is 0.854. The number of nitrogens with one attached hydrogen (secondary N) is 1. The summed E-state index contributed by atoms with van der Waals surface area (Å²) in [5, 5.41) is 0.623. The van der Waals surface area contributed by atoms with Gasteiger partial charge in [-0.1, -0.05) is 13.0 Å². The summed E-state index contributed by atoms with van der Waals surface area (Å²) >= 11 is 0. The minimum absolute atomic E-state index is 0.0478. The van der Waals surface area contributed by atoms with Crippen LogP contribution in [0.5, 0.6) is 0 Å². The van der Waals surface area contributed by atoms with E-state index in [9.17, 15) is 13.2 Å². The summed E-state index contributed by atoms with van der Waals surface area (Å²) in [5.74, 6) is 0.206. The molecule has 134 valence electrons. The van der Waals surface area contributed by atoms with Crippen LogP contribution in [0, 0.1) is 12.8 Å². The van der Waals surface area contributed by atoms with Gasteiger partial charge in [-0.3, -0.25) is 9.78 Å². The fourth-order valence-corrected chi connectivity index (χ4v) is 4.55. The number of aromatic nitrogens is 1. The molecule has 6 nitrogen and oxygen atoms in total. The summed E-state index contributed by atoms with van der Waals surface area (Å²) in [5.41, 5.74) is 1.64. The Balaban J connectivity index is 1.74. The highest BCUT2D eigenvalue weighted by atomic mass is 32.2. The van der Waals surface area contributed by atoms with Crippen LogP contribution >= 0.6 is 0 Å². The molecule has 3 rings (SSSR count). The Bertz CT molecular complexity index is 896. The number of carbonyl (C=O) groups excluding carboxylic acids is 1. The van der Waals surface area contributed by atoms with Crippen LogP contribution in [0.4, 0.5) is 0 Å². The molecule has 0 bridgehead atoms. The maximum Gasteiger partial charge on any atom is 0.241 e. The molecule has 1 saturated heterocycles. The maximum atomic E-state index is 12.7. The van der Waals surface area contributed by atoms with E-state index in [1.807, 2.05) is 18.7 Å². The third-order valence-corrected chi connectivity index (χ3v) is 6.03. The third kappa shape index (κ3) is 3.82. The molecule has 0 spiro atoms. The van der Waals surface area contributed by atoms with Crippen LogP contribution in [0.25, 0.3) is 10.9 Å². The van der Waals surface area contributed by atoms with Gasteiger partial charge in [0.1, 0.15) is 0 Å². The van der Waals surface area contributed by atoms with Gasteiger partial charge < -0.3 is 4.90 Å². The summed E-state index contributed by atoms with van der Waals surface area (Å²) < 4.78 is 28.2. The molecule has 1 amide bonds. The van der Waals surface area contributed by atoms with E-state index in [1.165, 1.54) is 0 Å². The predicted octanol–water partition coefficient (Wildman–Crippen LogP) is 2.08. The van der Waals surface area contributed by atoms with Crippen LogP contribution in [0.2, 0.25) is 0 Å². The molecular formula is C18H23N3O3S. The van der Waals surface area contributed by atoms with Gasteiger partial charge in [0, 0.05) is 37.6 Å². The number of benzene rings is 1. The Morgan fingerprint density at radius 1 is 1.32 bits per heavy atom. The highest BCUT2D eigenvalue weighted by Crippen LogP contribution is 2.24. The highest BCUT2D eigenvalue weighted by Gasteiger charge is 2.23. The molecule has 1 unspecified atom stereocenters. The predicted molar refractivity (Wildman–Crippen MR) is 96.6 cm³/mol. The zero-order valence-corrected chi connectivity index (χ0v) is 15.3. The SMILES string of the molecule is Cc1ccc(S(=O)(=O)NCC(C)CN2CCCC2=O)c2cccnc12. The van der Waals surface area contributed by atoms with Crippen LogP contribution in [-0.2, 0) is 14.8 Å². The number of hydrogen-bond donors (Lipinski definition) is 1. The van der Waals surface area contributed by atoms with Crippen molar-refractivity contribution < 1.29 is 13.2 Å². The van der Waals surface area contributed by atoms with E-state index in [0.29, 0.717) is 30.4 Å². The zero-order chi connectivity index (χ0) is 18.0. The second-order valence-electron chi connectivity index (χ2n) is 6.68. The van der Waals surface area contributed by atoms with Gasteiger partial charge in [-0.05, 0) is 43.0 Å². The smallest absolute Gasteiger partial charge is 0.241 e. The first-order valence-corrected chi connectivity index (χ1v) is 9.98. The molecule has 1 aliphatic rings. The number of pyridine rings is 1. The molecule has 2 heterocycles. The largest absolute Gasteiger partial charge is 0.342 e. The molecule has 1 aliphatic heterocycles. The normalized spacial score (nSPS) is 16.6. The van der Waals surface area contributed by atoms with E-state index in [-0.39, 0.29) is 16.7 Å². The second-order valence-corrected chi connectivity index (χ2v) is 8.42. The lowest BCUT2D eigenvalue weighted by Crippen LogP contribution is -2.36. The molecule has 25 heavy (non-hydrogen) atoms. The molecule has 1 aromatic heterocycles. The Morgan fingerprint density at radius 3 is 2.84 bits per heavy atom. The van der Waals surface area contributed by atoms with Gasteiger partial charge >= 0.3 is 0 Å². The lowest BCUT2D eigenvalue weighted by molar-refractivity contribution is -0.128. The van der Waals surface area contributed by atoms with Gasteiger partial charge in [-0.25, -0.2) is 13.1 Å². The van der Waals surface area contributed by atoms with E-state index >= 15 is 0 Å². The zero-order valence-electron chi connectivity index (χ0n) is 14.5. The summed E-state index contributed by atoms with van der Waals surface area (Å²) in [6, 6.07) is 6.91. The fraction of sp³-hybridized carbons (Fsp3) is 0.444. The average molecular weight is 361 g/mol. The monoisotopic (exact) mass is 361 g/mol. The number of amides is 1. The van der Waals surface area contributed by atoms with Crippen molar-refractivity contribution in [3.05, 3.63) is 36.0 Å². The lowest BCUT2D eigenvalue weighted by atomic mass is 10.1. The van der Waals surface area contributed by atoms with Gasteiger partial charge in [-0.2, -0.15) is 0 Å². The number of rotatable bonds is 6. The summed E-state index contributed by atoms with van der Waals surface area (Å²) in [7, 11) is -3.64. The Morgan fingerprint density at radius 2 is 2.12 bits per heavy atom. The number of nitrogens with zero attached hydrogens (tertiary/aromatic N) is 2. The van der Waals surface area contributed by atoms with E-state index in [1.54, 1.807) is 30.5 Å². The number of carbonyl (C=O) groups is 1. The molecule has 1 fully saturated rings. The van der Waals surface area contributed by atoms with E-state index in [0.717, 1.165) is 18.5 Å². The molecule has 1 aromatic carbocycles. The summed E-state index contributed by atoms with van der Waals surface area (Å²) in [6.45, 7) is 5.50. The minimum atomic E-state index is -3.64. The fourth-order valence-electron chi connectivity index (χ4n) is 3.19. The maximum absolute atomic E-state index is 12.7.